The Hall–Kier alpha value is -1.58. The van der Waals surface area contributed by atoms with Crippen molar-refractivity contribution in [2.45, 2.75) is 11.0 Å². The third kappa shape index (κ3) is 3.95. The summed E-state index contributed by atoms with van der Waals surface area (Å²) in [5.74, 6) is 0.354. The van der Waals surface area contributed by atoms with Gasteiger partial charge in [0.25, 0.3) is 0 Å². The monoisotopic (exact) mass is 288 g/mol. The van der Waals surface area contributed by atoms with Crippen LogP contribution in [-0.2, 0) is 0 Å². The summed E-state index contributed by atoms with van der Waals surface area (Å²) in [6.07, 6.45) is 1.09. The number of rotatable bonds is 6. The van der Waals surface area contributed by atoms with Gasteiger partial charge in [-0.05, 0) is 29.8 Å². The fourth-order valence-electron chi connectivity index (χ4n) is 1.90. The zero-order chi connectivity index (χ0) is 14.4. The number of hydrogen-bond donors (Lipinski definition) is 1. The average molecular weight is 288 g/mol. The topological polar surface area (TPSA) is 20.2 Å². The Morgan fingerprint density at radius 3 is 2.35 bits per heavy atom. The predicted molar refractivity (Wildman–Crippen MR) is 82.2 cm³/mol. The second-order valence-electron chi connectivity index (χ2n) is 4.52. The average Bonchev–Trinajstić information content (AvgIpc) is 2.49. The summed E-state index contributed by atoms with van der Waals surface area (Å²) in [5.41, 5.74) is 0.713. The quantitative estimate of drug-likeness (QED) is 0.626. The lowest BCUT2D eigenvalue weighted by Gasteiger charge is -2.19. The number of halogens is 1. The van der Waals surface area contributed by atoms with E-state index in [1.165, 1.54) is 12.1 Å². The smallest absolute Gasteiger partial charge is 0.123 e. The molecule has 2 atom stereocenters. The van der Waals surface area contributed by atoms with Crippen molar-refractivity contribution < 1.29 is 9.50 Å². The standard InChI is InChI=1S/C17H17FOS/c1-2-13(12-20-16-6-4-3-5-7-16)17(19)14-8-10-15(18)11-9-14/h2-11,13,17,19H,1,12H2/t13-,17+/m0/s1. The molecule has 3 heteroatoms. The van der Waals surface area contributed by atoms with Gasteiger partial charge in [-0.3, -0.25) is 0 Å². The van der Waals surface area contributed by atoms with E-state index in [4.69, 9.17) is 0 Å². The first kappa shape index (κ1) is 14.8. The van der Waals surface area contributed by atoms with E-state index < -0.39 is 6.10 Å². The lowest BCUT2D eigenvalue weighted by atomic mass is 9.97. The molecular formula is C17H17FOS. The summed E-state index contributed by atoms with van der Waals surface area (Å²) in [5, 5.41) is 10.3. The highest BCUT2D eigenvalue weighted by atomic mass is 32.2. The third-order valence-corrected chi connectivity index (χ3v) is 4.26. The van der Waals surface area contributed by atoms with Crippen LogP contribution in [0.5, 0.6) is 0 Å². The highest BCUT2D eigenvalue weighted by Gasteiger charge is 2.18. The van der Waals surface area contributed by atoms with Gasteiger partial charge in [-0.2, -0.15) is 0 Å². The Morgan fingerprint density at radius 2 is 1.75 bits per heavy atom. The Bertz CT molecular complexity index is 539. The maximum absolute atomic E-state index is 12.9. The van der Waals surface area contributed by atoms with Crippen LogP contribution >= 0.6 is 11.8 Å². The minimum Gasteiger partial charge on any atom is -0.388 e. The Kier molecular flexibility index (Phi) is 5.39. The SMILES string of the molecule is C=C[C@@H](CSc1ccccc1)[C@@H](O)c1ccc(F)cc1. The minimum absolute atomic E-state index is 0.0781. The van der Waals surface area contributed by atoms with Crippen molar-refractivity contribution >= 4 is 11.8 Å². The molecule has 0 spiro atoms. The van der Waals surface area contributed by atoms with Crippen LogP contribution in [0.1, 0.15) is 11.7 Å². The van der Waals surface area contributed by atoms with Gasteiger partial charge in [-0.1, -0.05) is 36.4 Å². The van der Waals surface area contributed by atoms with E-state index in [-0.39, 0.29) is 11.7 Å². The third-order valence-electron chi connectivity index (χ3n) is 3.11. The molecule has 0 aliphatic carbocycles. The van der Waals surface area contributed by atoms with Crippen LogP contribution < -0.4 is 0 Å². The maximum atomic E-state index is 12.9. The molecule has 0 unspecified atom stereocenters. The van der Waals surface area contributed by atoms with Crippen LogP contribution in [0, 0.1) is 11.7 Å². The number of aliphatic hydroxyl groups is 1. The molecule has 20 heavy (non-hydrogen) atoms. The fraction of sp³-hybridized carbons (Fsp3) is 0.176. The van der Waals surface area contributed by atoms with E-state index in [1.807, 2.05) is 30.3 Å². The normalized spacial score (nSPS) is 13.7. The highest BCUT2D eigenvalue weighted by Crippen LogP contribution is 2.29. The largest absolute Gasteiger partial charge is 0.388 e. The molecule has 104 valence electrons. The number of aliphatic hydroxyl groups excluding tert-OH is 1. The summed E-state index contributed by atoms with van der Waals surface area (Å²) in [4.78, 5) is 1.16. The van der Waals surface area contributed by atoms with Crippen LogP contribution in [0.3, 0.4) is 0 Å². The van der Waals surface area contributed by atoms with Gasteiger partial charge in [-0.25, -0.2) is 4.39 Å². The van der Waals surface area contributed by atoms with Crippen LogP contribution in [0.15, 0.2) is 72.1 Å². The van der Waals surface area contributed by atoms with Crippen molar-refractivity contribution in [3.8, 4) is 0 Å². The molecule has 2 aromatic carbocycles. The molecule has 1 nitrogen and oxygen atoms in total. The van der Waals surface area contributed by atoms with Crippen LogP contribution in [0.2, 0.25) is 0 Å². The van der Waals surface area contributed by atoms with E-state index in [1.54, 1.807) is 30.0 Å². The summed E-state index contributed by atoms with van der Waals surface area (Å²) >= 11 is 1.67. The molecule has 0 amide bonds. The van der Waals surface area contributed by atoms with Gasteiger partial charge in [0.05, 0.1) is 6.10 Å². The van der Waals surface area contributed by atoms with Crippen LogP contribution in [-0.4, -0.2) is 10.9 Å². The molecular weight excluding hydrogens is 271 g/mol. The lowest BCUT2D eigenvalue weighted by Crippen LogP contribution is -2.12. The molecule has 0 saturated carbocycles. The summed E-state index contributed by atoms with van der Waals surface area (Å²) < 4.78 is 12.9. The molecule has 0 radical (unpaired) electrons. The Labute approximate surface area is 123 Å². The molecule has 2 aromatic rings. The van der Waals surface area contributed by atoms with Gasteiger partial charge in [0.1, 0.15) is 5.82 Å². The van der Waals surface area contributed by atoms with E-state index in [2.05, 4.69) is 6.58 Å². The first-order chi connectivity index (χ1) is 9.70. The first-order valence-corrected chi connectivity index (χ1v) is 7.43. The zero-order valence-corrected chi connectivity index (χ0v) is 11.9. The predicted octanol–water partition coefficient (Wildman–Crippen LogP) is 4.45. The van der Waals surface area contributed by atoms with Gasteiger partial charge < -0.3 is 5.11 Å². The van der Waals surface area contributed by atoms with Gasteiger partial charge in [0.15, 0.2) is 0 Å². The van der Waals surface area contributed by atoms with Crippen LogP contribution in [0.4, 0.5) is 4.39 Å². The Morgan fingerprint density at radius 1 is 1.10 bits per heavy atom. The molecule has 2 rings (SSSR count). The molecule has 0 fully saturated rings. The molecule has 0 saturated heterocycles. The second kappa shape index (κ2) is 7.27. The minimum atomic E-state index is -0.663. The lowest BCUT2D eigenvalue weighted by molar-refractivity contribution is 0.142. The van der Waals surface area contributed by atoms with Crippen LogP contribution in [0.25, 0.3) is 0 Å². The van der Waals surface area contributed by atoms with E-state index in [9.17, 15) is 9.50 Å². The van der Waals surface area contributed by atoms with Gasteiger partial charge in [0.2, 0.25) is 0 Å². The van der Waals surface area contributed by atoms with E-state index >= 15 is 0 Å². The molecule has 0 heterocycles. The zero-order valence-electron chi connectivity index (χ0n) is 11.1. The molecule has 1 N–H and O–H groups in total. The van der Waals surface area contributed by atoms with Gasteiger partial charge in [-0.15, -0.1) is 18.3 Å². The Balaban J connectivity index is 2.00. The maximum Gasteiger partial charge on any atom is 0.123 e. The van der Waals surface area contributed by atoms with E-state index in [0.717, 1.165) is 10.6 Å². The van der Waals surface area contributed by atoms with Crippen molar-refractivity contribution in [1.29, 1.82) is 0 Å². The van der Waals surface area contributed by atoms with Gasteiger partial charge in [0, 0.05) is 16.6 Å². The number of benzene rings is 2. The summed E-state index contributed by atoms with van der Waals surface area (Å²) in [6, 6.07) is 16.0. The fourth-order valence-corrected chi connectivity index (χ4v) is 2.96. The summed E-state index contributed by atoms with van der Waals surface area (Å²) in [7, 11) is 0. The summed E-state index contributed by atoms with van der Waals surface area (Å²) in [6.45, 7) is 3.79. The number of thioether (sulfide) groups is 1. The molecule has 0 aliphatic heterocycles. The highest BCUT2D eigenvalue weighted by molar-refractivity contribution is 7.99. The van der Waals surface area contributed by atoms with Crippen molar-refractivity contribution in [3.63, 3.8) is 0 Å². The first-order valence-electron chi connectivity index (χ1n) is 6.44. The second-order valence-corrected chi connectivity index (χ2v) is 5.61. The van der Waals surface area contributed by atoms with Gasteiger partial charge >= 0.3 is 0 Å². The van der Waals surface area contributed by atoms with Crippen molar-refractivity contribution in [2.75, 3.05) is 5.75 Å². The van der Waals surface area contributed by atoms with Crippen molar-refractivity contribution in [3.05, 3.63) is 78.6 Å². The van der Waals surface area contributed by atoms with Crippen molar-refractivity contribution in [2.24, 2.45) is 5.92 Å². The molecule has 0 aromatic heterocycles. The molecule has 0 bridgehead atoms. The van der Waals surface area contributed by atoms with Crippen molar-refractivity contribution in [1.82, 2.24) is 0 Å². The molecule has 0 aliphatic rings. The number of hydrogen-bond acceptors (Lipinski definition) is 2. The van der Waals surface area contributed by atoms with E-state index in [0.29, 0.717) is 5.56 Å².